The monoisotopic (exact) mass is 304 g/mol. The standard InChI is InChI=1S/C14H19F3N2S/c15-14(16,17)10-19(8-11-1-6-20-9-11)12-7-13(12)2-4-18-5-3-13/h1,6,9,12,18H,2-5,7-8,10H2. The Hall–Kier alpha value is -0.590. The van der Waals surface area contributed by atoms with Crippen LogP contribution in [0.2, 0.25) is 0 Å². The smallest absolute Gasteiger partial charge is 0.317 e. The van der Waals surface area contributed by atoms with E-state index in [2.05, 4.69) is 5.32 Å². The molecule has 2 nitrogen and oxygen atoms in total. The van der Waals surface area contributed by atoms with Crippen molar-refractivity contribution in [2.45, 2.75) is 38.0 Å². The molecule has 1 saturated heterocycles. The molecular formula is C14H19F3N2S. The van der Waals surface area contributed by atoms with E-state index in [9.17, 15) is 13.2 Å². The summed E-state index contributed by atoms with van der Waals surface area (Å²) in [7, 11) is 0. The number of hydrogen-bond donors (Lipinski definition) is 1. The Morgan fingerprint density at radius 2 is 2.10 bits per heavy atom. The molecule has 20 heavy (non-hydrogen) atoms. The number of alkyl halides is 3. The Labute approximate surface area is 121 Å². The fraction of sp³-hybridized carbons (Fsp3) is 0.714. The number of nitrogens with one attached hydrogen (secondary N) is 1. The molecule has 0 aromatic carbocycles. The predicted octanol–water partition coefficient (Wildman–Crippen LogP) is 3.25. The van der Waals surface area contributed by atoms with Crippen molar-refractivity contribution in [1.82, 2.24) is 10.2 Å². The highest BCUT2D eigenvalue weighted by Crippen LogP contribution is 2.56. The zero-order valence-electron chi connectivity index (χ0n) is 11.2. The van der Waals surface area contributed by atoms with Gasteiger partial charge >= 0.3 is 6.18 Å². The van der Waals surface area contributed by atoms with Gasteiger partial charge in [0.05, 0.1) is 6.54 Å². The lowest BCUT2D eigenvalue weighted by atomic mass is 9.93. The van der Waals surface area contributed by atoms with Gasteiger partial charge in [0, 0.05) is 12.6 Å². The molecule has 1 unspecified atom stereocenters. The SMILES string of the molecule is FC(F)(F)CN(Cc1ccsc1)C1CC12CCNCC2. The van der Waals surface area contributed by atoms with E-state index in [-0.39, 0.29) is 11.5 Å². The second-order valence-electron chi connectivity index (χ2n) is 5.98. The molecule has 1 aliphatic heterocycles. The molecule has 6 heteroatoms. The van der Waals surface area contributed by atoms with Crippen molar-refractivity contribution >= 4 is 11.3 Å². The molecule has 1 saturated carbocycles. The minimum atomic E-state index is -4.12. The first-order chi connectivity index (χ1) is 9.49. The second kappa shape index (κ2) is 5.31. The van der Waals surface area contributed by atoms with Crippen molar-refractivity contribution in [1.29, 1.82) is 0 Å². The summed E-state index contributed by atoms with van der Waals surface area (Å²) in [5, 5.41) is 7.16. The van der Waals surface area contributed by atoms with Crippen LogP contribution in [0.5, 0.6) is 0 Å². The van der Waals surface area contributed by atoms with Gasteiger partial charge in [-0.2, -0.15) is 24.5 Å². The van der Waals surface area contributed by atoms with Crippen LogP contribution in [0.25, 0.3) is 0 Å². The molecule has 0 bridgehead atoms. The summed E-state index contributed by atoms with van der Waals surface area (Å²) in [6.45, 7) is 1.51. The van der Waals surface area contributed by atoms with Crippen LogP contribution < -0.4 is 5.32 Å². The van der Waals surface area contributed by atoms with E-state index in [1.54, 1.807) is 16.2 Å². The van der Waals surface area contributed by atoms with Crippen LogP contribution in [0, 0.1) is 5.41 Å². The quantitative estimate of drug-likeness (QED) is 0.918. The summed E-state index contributed by atoms with van der Waals surface area (Å²) in [6, 6.07) is 2.03. The van der Waals surface area contributed by atoms with Gasteiger partial charge in [-0.15, -0.1) is 0 Å². The average molecular weight is 304 g/mol. The van der Waals surface area contributed by atoms with Crippen molar-refractivity contribution in [3.8, 4) is 0 Å². The first kappa shape index (κ1) is 14.4. The Balaban J connectivity index is 1.69. The minimum Gasteiger partial charge on any atom is -0.317 e. The van der Waals surface area contributed by atoms with Gasteiger partial charge in [-0.05, 0) is 60.2 Å². The lowest BCUT2D eigenvalue weighted by Gasteiger charge is -2.30. The van der Waals surface area contributed by atoms with Crippen molar-refractivity contribution in [3.63, 3.8) is 0 Å². The molecule has 1 N–H and O–H groups in total. The molecule has 1 spiro atoms. The Bertz CT molecular complexity index is 438. The van der Waals surface area contributed by atoms with Gasteiger partial charge in [0.2, 0.25) is 0 Å². The van der Waals surface area contributed by atoms with E-state index in [4.69, 9.17) is 0 Å². The lowest BCUT2D eigenvalue weighted by molar-refractivity contribution is -0.149. The molecule has 0 amide bonds. The predicted molar refractivity (Wildman–Crippen MR) is 73.7 cm³/mol. The highest BCUT2D eigenvalue weighted by molar-refractivity contribution is 7.07. The summed E-state index contributed by atoms with van der Waals surface area (Å²) in [6.07, 6.45) is -1.17. The third-order valence-electron chi connectivity index (χ3n) is 4.53. The van der Waals surface area contributed by atoms with Crippen LogP contribution in [-0.4, -0.2) is 36.8 Å². The first-order valence-electron chi connectivity index (χ1n) is 7.01. The Morgan fingerprint density at radius 3 is 2.70 bits per heavy atom. The number of nitrogens with zero attached hydrogens (tertiary/aromatic N) is 1. The van der Waals surface area contributed by atoms with Crippen molar-refractivity contribution in [3.05, 3.63) is 22.4 Å². The zero-order chi connectivity index (χ0) is 14.2. The Morgan fingerprint density at radius 1 is 1.35 bits per heavy atom. The van der Waals surface area contributed by atoms with Crippen molar-refractivity contribution in [2.24, 2.45) is 5.41 Å². The maximum Gasteiger partial charge on any atom is 0.401 e. The molecule has 1 aromatic heterocycles. The normalized spacial score (nSPS) is 25.3. The van der Waals surface area contributed by atoms with Gasteiger partial charge in [0.25, 0.3) is 0 Å². The molecule has 3 rings (SSSR count). The van der Waals surface area contributed by atoms with Gasteiger partial charge in [-0.25, -0.2) is 0 Å². The van der Waals surface area contributed by atoms with Gasteiger partial charge in [-0.1, -0.05) is 0 Å². The summed E-state index contributed by atoms with van der Waals surface area (Å²) < 4.78 is 38.5. The third kappa shape index (κ3) is 3.18. The average Bonchev–Trinajstić information content (AvgIpc) is 2.83. The van der Waals surface area contributed by atoms with Crippen LogP contribution in [-0.2, 0) is 6.54 Å². The molecule has 1 aromatic rings. The minimum absolute atomic E-state index is 0.103. The fourth-order valence-electron chi connectivity index (χ4n) is 3.43. The molecule has 0 radical (unpaired) electrons. The van der Waals surface area contributed by atoms with E-state index in [1.807, 2.05) is 16.8 Å². The van der Waals surface area contributed by atoms with Crippen LogP contribution >= 0.6 is 11.3 Å². The number of thiophene rings is 1. The van der Waals surface area contributed by atoms with Crippen LogP contribution in [0.3, 0.4) is 0 Å². The summed E-state index contributed by atoms with van der Waals surface area (Å²) in [5.41, 5.74) is 1.14. The lowest BCUT2D eigenvalue weighted by Crippen LogP contribution is -2.40. The largest absolute Gasteiger partial charge is 0.401 e. The number of hydrogen-bond acceptors (Lipinski definition) is 3. The Kier molecular flexibility index (Phi) is 3.81. The third-order valence-corrected chi connectivity index (χ3v) is 5.27. The van der Waals surface area contributed by atoms with E-state index in [0.717, 1.165) is 37.9 Å². The summed E-state index contributed by atoms with van der Waals surface area (Å²) >= 11 is 1.54. The van der Waals surface area contributed by atoms with E-state index in [1.165, 1.54) is 0 Å². The molecule has 2 aliphatic rings. The number of piperidine rings is 1. The van der Waals surface area contributed by atoms with Crippen molar-refractivity contribution in [2.75, 3.05) is 19.6 Å². The topological polar surface area (TPSA) is 15.3 Å². The number of rotatable bonds is 4. The number of halogens is 3. The van der Waals surface area contributed by atoms with E-state index in [0.29, 0.717) is 6.54 Å². The molecule has 1 atom stereocenters. The van der Waals surface area contributed by atoms with Crippen LogP contribution in [0.1, 0.15) is 24.8 Å². The van der Waals surface area contributed by atoms with Crippen molar-refractivity contribution < 1.29 is 13.2 Å². The summed E-state index contributed by atoms with van der Waals surface area (Å²) in [5.74, 6) is 0. The molecule has 1 aliphatic carbocycles. The second-order valence-corrected chi connectivity index (χ2v) is 6.76. The van der Waals surface area contributed by atoms with Gasteiger partial charge in [-0.3, -0.25) is 4.90 Å². The maximum atomic E-state index is 12.8. The summed E-state index contributed by atoms with van der Waals surface area (Å²) in [4.78, 5) is 1.65. The fourth-order valence-corrected chi connectivity index (χ4v) is 4.09. The van der Waals surface area contributed by atoms with Gasteiger partial charge in [0.15, 0.2) is 0 Å². The van der Waals surface area contributed by atoms with E-state index >= 15 is 0 Å². The first-order valence-corrected chi connectivity index (χ1v) is 7.95. The van der Waals surface area contributed by atoms with Crippen LogP contribution in [0.4, 0.5) is 13.2 Å². The highest BCUT2D eigenvalue weighted by atomic mass is 32.1. The molecular weight excluding hydrogens is 285 g/mol. The van der Waals surface area contributed by atoms with Crippen LogP contribution in [0.15, 0.2) is 16.8 Å². The zero-order valence-corrected chi connectivity index (χ0v) is 12.1. The van der Waals surface area contributed by atoms with Gasteiger partial charge < -0.3 is 5.32 Å². The molecule has 2 fully saturated rings. The molecule has 112 valence electrons. The van der Waals surface area contributed by atoms with Gasteiger partial charge in [0.1, 0.15) is 0 Å². The maximum absolute atomic E-state index is 12.8. The molecule has 2 heterocycles. The van der Waals surface area contributed by atoms with E-state index < -0.39 is 12.7 Å². The highest BCUT2D eigenvalue weighted by Gasteiger charge is 2.57.